The first-order valence-electron chi connectivity index (χ1n) is 7.04. The maximum absolute atomic E-state index is 11.6. The van der Waals surface area contributed by atoms with E-state index in [0.29, 0.717) is 10.8 Å². The molecule has 3 aromatic rings. The molecule has 0 aliphatic carbocycles. The minimum atomic E-state index is -1.47. The summed E-state index contributed by atoms with van der Waals surface area (Å²) < 4.78 is 0. The smallest absolute Gasteiger partial charge is 0.355 e. The van der Waals surface area contributed by atoms with E-state index in [4.69, 9.17) is 5.11 Å². The second kappa shape index (κ2) is 6.00. The summed E-state index contributed by atoms with van der Waals surface area (Å²) in [5.41, 5.74) is -1.22. The molecule has 1 heterocycles. The lowest BCUT2D eigenvalue weighted by molar-refractivity contribution is -0.384. The van der Waals surface area contributed by atoms with Crippen LogP contribution in [0.1, 0.15) is 21.0 Å². The number of carboxylic acids is 2. The number of pyridine rings is 1. The second-order valence-corrected chi connectivity index (χ2v) is 5.14. The Morgan fingerprint density at radius 2 is 1.68 bits per heavy atom. The van der Waals surface area contributed by atoms with Crippen molar-refractivity contribution in [2.75, 3.05) is 0 Å². The van der Waals surface area contributed by atoms with Crippen LogP contribution in [0.15, 0.2) is 48.5 Å². The first-order valence-corrected chi connectivity index (χ1v) is 7.04. The number of nitro groups is 1. The normalized spacial score (nSPS) is 10.6. The van der Waals surface area contributed by atoms with Gasteiger partial charge in [-0.1, -0.05) is 24.3 Å². The summed E-state index contributed by atoms with van der Waals surface area (Å²) in [5, 5.41) is 31.0. The zero-order valence-electron chi connectivity index (χ0n) is 12.5. The third-order valence-electron chi connectivity index (χ3n) is 3.69. The van der Waals surface area contributed by atoms with Crippen molar-refractivity contribution in [1.82, 2.24) is 4.98 Å². The van der Waals surface area contributed by atoms with E-state index in [-0.39, 0.29) is 16.8 Å². The molecule has 0 atom stereocenters. The molecule has 8 heteroatoms. The molecule has 0 saturated heterocycles. The molecule has 2 N–H and O–H groups in total. The number of fused-ring (bicyclic) bond motifs is 1. The number of hydrogen-bond donors (Lipinski definition) is 2. The number of aromatic carboxylic acids is 2. The number of carbonyl (C=O) groups is 2. The Balaban J connectivity index is 2.43. The summed E-state index contributed by atoms with van der Waals surface area (Å²) in [6, 6.07) is 12.0. The van der Waals surface area contributed by atoms with Crippen molar-refractivity contribution >= 4 is 28.4 Å². The molecule has 0 radical (unpaired) electrons. The summed E-state index contributed by atoms with van der Waals surface area (Å²) in [7, 11) is 0. The number of nitrogens with zero attached hydrogens (tertiary/aromatic N) is 2. The number of hydrogen-bond acceptors (Lipinski definition) is 5. The molecule has 0 fully saturated rings. The molecule has 0 saturated carbocycles. The van der Waals surface area contributed by atoms with Gasteiger partial charge in [0.15, 0.2) is 5.69 Å². The van der Waals surface area contributed by atoms with E-state index < -0.39 is 28.2 Å². The Morgan fingerprint density at radius 1 is 0.960 bits per heavy atom. The van der Waals surface area contributed by atoms with Crippen LogP contribution in [0.2, 0.25) is 0 Å². The summed E-state index contributed by atoms with van der Waals surface area (Å²) in [6.07, 6.45) is 0. The lowest BCUT2D eigenvalue weighted by atomic mass is 9.95. The number of rotatable bonds is 4. The predicted octanol–water partition coefficient (Wildman–Crippen LogP) is 3.21. The van der Waals surface area contributed by atoms with Crippen molar-refractivity contribution in [3.05, 3.63) is 70.0 Å². The third-order valence-corrected chi connectivity index (χ3v) is 3.69. The predicted molar refractivity (Wildman–Crippen MR) is 87.8 cm³/mol. The minimum Gasteiger partial charge on any atom is -0.477 e. The highest BCUT2D eigenvalue weighted by Crippen LogP contribution is 2.38. The number of aromatic nitrogens is 1. The van der Waals surface area contributed by atoms with Gasteiger partial charge in [-0.25, -0.2) is 14.6 Å². The Morgan fingerprint density at radius 3 is 2.32 bits per heavy atom. The molecule has 0 aliphatic rings. The van der Waals surface area contributed by atoms with Gasteiger partial charge >= 0.3 is 11.9 Å². The average Bonchev–Trinajstić information content (AvgIpc) is 2.59. The van der Waals surface area contributed by atoms with Gasteiger partial charge in [-0.15, -0.1) is 0 Å². The van der Waals surface area contributed by atoms with Gasteiger partial charge in [0.25, 0.3) is 5.69 Å². The van der Waals surface area contributed by atoms with Crippen molar-refractivity contribution in [2.45, 2.75) is 0 Å². The average molecular weight is 338 g/mol. The van der Waals surface area contributed by atoms with Gasteiger partial charge in [0, 0.05) is 11.6 Å². The fourth-order valence-electron chi connectivity index (χ4n) is 2.64. The number of nitro benzene ring substituents is 1. The third kappa shape index (κ3) is 2.76. The molecule has 3 rings (SSSR count). The van der Waals surface area contributed by atoms with E-state index in [0.717, 1.165) is 6.07 Å². The van der Waals surface area contributed by atoms with Crippen LogP contribution in [0.5, 0.6) is 0 Å². The Labute approximate surface area is 140 Å². The minimum absolute atomic E-state index is 0.0130. The molecular weight excluding hydrogens is 328 g/mol. The highest BCUT2D eigenvalue weighted by Gasteiger charge is 2.25. The molecule has 2 aromatic carbocycles. The maximum Gasteiger partial charge on any atom is 0.355 e. The van der Waals surface area contributed by atoms with Crippen molar-refractivity contribution in [3.8, 4) is 11.1 Å². The zero-order chi connectivity index (χ0) is 18.1. The van der Waals surface area contributed by atoms with Gasteiger partial charge in [0.2, 0.25) is 0 Å². The highest BCUT2D eigenvalue weighted by molar-refractivity contribution is 6.06. The Kier molecular flexibility index (Phi) is 3.86. The molecule has 25 heavy (non-hydrogen) atoms. The molecule has 0 bridgehead atoms. The van der Waals surface area contributed by atoms with Gasteiger partial charge in [-0.2, -0.15) is 0 Å². The summed E-state index contributed by atoms with van der Waals surface area (Å²) in [5.74, 6) is -2.86. The largest absolute Gasteiger partial charge is 0.477 e. The lowest BCUT2D eigenvalue weighted by Gasteiger charge is -2.10. The van der Waals surface area contributed by atoms with Crippen LogP contribution >= 0.6 is 0 Å². The maximum atomic E-state index is 11.6. The van der Waals surface area contributed by atoms with Crippen LogP contribution < -0.4 is 0 Å². The lowest BCUT2D eigenvalue weighted by Crippen LogP contribution is -2.09. The van der Waals surface area contributed by atoms with E-state index in [1.807, 2.05) is 0 Å². The summed E-state index contributed by atoms with van der Waals surface area (Å²) >= 11 is 0. The summed E-state index contributed by atoms with van der Waals surface area (Å²) in [4.78, 5) is 37.1. The highest BCUT2D eigenvalue weighted by atomic mass is 16.6. The molecule has 0 spiro atoms. The van der Waals surface area contributed by atoms with Crippen molar-refractivity contribution in [3.63, 3.8) is 0 Å². The van der Waals surface area contributed by atoms with Crippen LogP contribution in [-0.2, 0) is 0 Å². The molecule has 8 nitrogen and oxygen atoms in total. The van der Waals surface area contributed by atoms with Crippen molar-refractivity contribution in [1.29, 1.82) is 0 Å². The zero-order valence-corrected chi connectivity index (χ0v) is 12.5. The molecule has 1 aromatic heterocycles. The van der Waals surface area contributed by atoms with E-state index in [1.54, 1.807) is 30.3 Å². The van der Waals surface area contributed by atoms with Gasteiger partial charge in [-0.3, -0.25) is 10.1 Å². The Hall–Kier alpha value is -3.81. The van der Waals surface area contributed by atoms with Gasteiger partial charge in [-0.05, 0) is 29.0 Å². The fourth-order valence-corrected chi connectivity index (χ4v) is 2.64. The van der Waals surface area contributed by atoms with Crippen LogP contribution in [0.3, 0.4) is 0 Å². The Bertz CT molecular complexity index is 1040. The van der Waals surface area contributed by atoms with Crippen LogP contribution in [0, 0.1) is 10.1 Å². The molecule has 0 amide bonds. The SMILES string of the molecule is O=C(O)c1ccc(-c2c([N+](=O)[O-])ccc3ccccc23)c(C(=O)O)n1. The fraction of sp³-hybridized carbons (Fsp3) is 0. The van der Waals surface area contributed by atoms with E-state index >= 15 is 0 Å². The van der Waals surface area contributed by atoms with Crippen LogP contribution in [0.25, 0.3) is 21.9 Å². The van der Waals surface area contributed by atoms with E-state index in [9.17, 15) is 24.8 Å². The number of benzene rings is 2. The van der Waals surface area contributed by atoms with Crippen LogP contribution in [-0.4, -0.2) is 32.1 Å². The molecule has 0 aliphatic heterocycles. The van der Waals surface area contributed by atoms with Gasteiger partial charge < -0.3 is 10.2 Å². The quantitative estimate of drug-likeness (QED) is 0.551. The number of carboxylic acid groups (broad SMARTS) is 2. The first-order chi connectivity index (χ1) is 11.9. The van der Waals surface area contributed by atoms with Gasteiger partial charge in [0.05, 0.1) is 10.5 Å². The van der Waals surface area contributed by atoms with Gasteiger partial charge in [0.1, 0.15) is 5.69 Å². The first kappa shape index (κ1) is 16.1. The topological polar surface area (TPSA) is 131 Å². The van der Waals surface area contributed by atoms with E-state index in [1.165, 1.54) is 12.1 Å². The van der Waals surface area contributed by atoms with Crippen LogP contribution in [0.4, 0.5) is 5.69 Å². The monoisotopic (exact) mass is 338 g/mol. The van der Waals surface area contributed by atoms with Crippen molar-refractivity contribution in [2.24, 2.45) is 0 Å². The van der Waals surface area contributed by atoms with E-state index in [2.05, 4.69) is 4.98 Å². The molecular formula is C17H10N2O6. The second-order valence-electron chi connectivity index (χ2n) is 5.14. The summed E-state index contributed by atoms with van der Waals surface area (Å²) in [6.45, 7) is 0. The molecule has 0 unspecified atom stereocenters. The van der Waals surface area contributed by atoms with Crippen molar-refractivity contribution < 1.29 is 24.7 Å². The standard InChI is InChI=1S/C17H10N2O6/c20-16(21)12-7-6-11(15(18-12)17(22)23)14-10-4-2-1-3-9(10)5-8-13(14)19(24)25/h1-8H,(H,20,21)(H,22,23). The molecule has 124 valence electrons.